The Balaban J connectivity index is 0.00000261. The van der Waals surface area contributed by atoms with E-state index >= 15 is 0 Å². The van der Waals surface area contributed by atoms with Crippen LogP contribution in [0.2, 0.25) is 0 Å². The van der Waals surface area contributed by atoms with Crippen molar-refractivity contribution >= 4 is 35.5 Å². The summed E-state index contributed by atoms with van der Waals surface area (Å²) in [5, 5.41) is 13.6. The third-order valence-corrected chi connectivity index (χ3v) is 5.35. The minimum Gasteiger partial charge on any atom is -0.543 e. The van der Waals surface area contributed by atoms with Crippen molar-refractivity contribution in [3.8, 4) is 0 Å². The minimum absolute atomic E-state index is 0. The van der Waals surface area contributed by atoms with Crippen molar-refractivity contribution in [3.05, 3.63) is 47.2 Å². The number of aliphatic carboxylic acids is 1. The summed E-state index contributed by atoms with van der Waals surface area (Å²) in [6.07, 6.45) is 0. The van der Waals surface area contributed by atoms with E-state index in [-0.39, 0.29) is 47.6 Å². The molecule has 27 heavy (non-hydrogen) atoms. The van der Waals surface area contributed by atoms with Crippen LogP contribution in [0.15, 0.2) is 41.6 Å². The van der Waals surface area contributed by atoms with Gasteiger partial charge in [0.05, 0.1) is 11.7 Å². The molecule has 10 heteroatoms. The first-order valence-electron chi connectivity index (χ1n) is 7.77. The average molecular weight is 398 g/mol. The van der Waals surface area contributed by atoms with Crippen molar-refractivity contribution < 1.29 is 58.6 Å². The normalized spacial score (nSPS) is 20.8. The summed E-state index contributed by atoms with van der Waals surface area (Å²) in [4.78, 5) is 48.2. The second-order valence-electron chi connectivity index (χ2n) is 5.75. The molecule has 0 spiro atoms. The third kappa shape index (κ3) is 4.37. The number of hydrogen-bond acceptors (Lipinski definition) is 7. The molecule has 0 bridgehead atoms. The number of amides is 2. The number of carbonyl (C=O) groups excluding carboxylic acids is 4. The minimum atomic E-state index is -1.52. The molecule has 1 aromatic rings. The fraction of sp³-hybridized carbons (Fsp3) is 0.294. The van der Waals surface area contributed by atoms with Gasteiger partial charge in [-0.05, 0) is 12.1 Å². The van der Waals surface area contributed by atoms with Gasteiger partial charge in [-0.1, -0.05) is 18.2 Å². The number of benzene rings is 1. The summed E-state index contributed by atoms with van der Waals surface area (Å²) in [6, 6.07) is 7.60. The fourth-order valence-electron chi connectivity index (χ4n) is 2.79. The first-order chi connectivity index (χ1) is 12.4. The largest absolute Gasteiger partial charge is 1.00 e. The number of hydrogen-bond donors (Lipinski definition) is 1. The van der Waals surface area contributed by atoms with E-state index in [0.29, 0.717) is 11.1 Å². The molecule has 0 unspecified atom stereocenters. The maximum absolute atomic E-state index is 12.4. The molecule has 2 amide bonds. The zero-order valence-electron chi connectivity index (χ0n) is 14.8. The van der Waals surface area contributed by atoms with Gasteiger partial charge in [0.1, 0.15) is 18.0 Å². The van der Waals surface area contributed by atoms with Gasteiger partial charge in [0, 0.05) is 23.8 Å². The maximum Gasteiger partial charge on any atom is 1.00 e. The topological polar surface area (TPSA) is 116 Å². The van der Waals surface area contributed by atoms with Crippen LogP contribution in [0.4, 0.5) is 0 Å². The van der Waals surface area contributed by atoms with Crippen molar-refractivity contribution in [3.63, 3.8) is 0 Å². The Bertz CT molecular complexity index is 813. The Hall–Kier alpha value is -1.81. The van der Waals surface area contributed by atoms with Crippen molar-refractivity contribution in [2.45, 2.75) is 18.3 Å². The number of nitrogens with one attached hydrogen (secondary N) is 1. The zero-order chi connectivity index (χ0) is 18.8. The number of rotatable bonds is 5. The molecule has 0 aliphatic carbocycles. The second kappa shape index (κ2) is 8.92. The standard InChI is InChI=1S/C17H16N2O6S.Na/c1-9(20)25-7-11-8-26-16-12(15(22)19(16)13(11)17(23)24)18-14(21)10-5-3-2-4-6-10;/h2-6,12,16H,7-8H2,1H3,(H,18,21)(H,23,24);/q;+1/p-1/t12-,16+;/m0./s1. The Morgan fingerprint density at radius 3 is 2.56 bits per heavy atom. The first kappa shape index (κ1) is 21.5. The van der Waals surface area contributed by atoms with Crippen LogP contribution < -0.4 is 40.0 Å². The molecular weight excluding hydrogens is 383 g/mol. The van der Waals surface area contributed by atoms with E-state index in [0.717, 1.165) is 4.90 Å². The SMILES string of the molecule is CC(=O)OCC1=C(C(=O)[O-])N2C(=O)[C@H](NC(=O)c3ccccc3)[C@H]2SC1.[Na+]. The fourth-order valence-corrected chi connectivity index (χ4v) is 4.11. The van der Waals surface area contributed by atoms with Gasteiger partial charge in [0.25, 0.3) is 11.8 Å². The molecular formula is C17H15N2NaO6S. The summed E-state index contributed by atoms with van der Waals surface area (Å²) >= 11 is 1.29. The van der Waals surface area contributed by atoms with E-state index in [9.17, 15) is 24.3 Å². The molecule has 136 valence electrons. The van der Waals surface area contributed by atoms with Gasteiger partial charge < -0.3 is 20.0 Å². The Labute approximate surface area is 181 Å². The predicted molar refractivity (Wildman–Crippen MR) is 89.5 cm³/mol. The van der Waals surface area contributed by atoms with Crippen LogP contribution in [-0.2, 0) is 19.1 Å². The van der Waals surface area contributed by atoms with Crippen LogP contribution in [0.1, 0.15) is 17.3 Å². The monoisotopic (exact) mass is 398 g/mol. The molecule has 3 rings (SSSR count). The van der Waals surface area contributed by atoms with Gasteiger partial charge in [0.15, 0.2) is 0 Å². The molecule has 2 aliphatic rings. The number of carboxylic acids is 1. The molecule has 0 saturated carbocycles. The van der Waals surface area contributed by atoms with Crippen LogP contribution in [0.5, 0.6) is 0 Å². The van der Waals surface area contributed by atoms with Crippen LogP contribution in [0.25, 0.3) is 0 Å². The van der Waals surface area contributed by atoms with Gasteiger partial charge in [-0.25, -0.2) is 0 Å². The van der Waals surface area contributed by atoms with Crippen LogP contribution in [0, 0.1) is 0 Å². The molecule has 1 aromatic carbocycles. The number of ether oxygens (including phenoxy) is 1. The number of carbonyl (C=O) groups is 4. The van der Waals surface area contributed by atoms with Crippen LogP contribution in [0.3, 0.4) is 0 Å². The molecule has 2 aliphatic heterocycles. The summed E-state index contributed by atoms with van der Waals surface area (Å²) in [5.74, 6) is -2.76. The van der Waals surface area contributed by atoms with E-state index < -0.39 is 35.2 Å². The Kier molecular flexibility index (Phi) is 7.10. The quantitative estimate of drug-likeness (QED) is 0.308. The molecule has 1 N–H and O–H groups in total. The van der Waals surface area contributed by atoms with E-state index in [1.54, 1.807) is 30.3 Å². The van der Waals surface area contributed by atoms with E-state index in [2.05, 4.69) is 5.32 Å². The van der Waals surface area contributed by atoms with Gasteiger partial charge in [0.2, 0.25) is 0 Å². The van der Waals surface area contributed by atoms with Crippen molar-refractivity contribution in [2.75, 3.05) is 12.4 Å². The summed E-state index contributed by atoms with van der Waals surface area (Å²) in [6.45, 7) is 0.991. The molecule has 2 heterocycles. The van der Waals surface area contributed by atoms with E-state index in [1.807, 2.05) is 0 Å². The van der Waals surface area contributed by atoms with Gasteiger partial charge in [-0.2, -0.15) is 0 Å². The van der Waals surface area contributed by atoms with Gasteiger partial charge >= 0.3 is 35.5 Å². The molecule has 8 nitrogen and oxygen atoms in total. The molecule has 2 atom stereocenters. The first-order valence-corrected chi connectivity index (χ1v) is 8.82. The number of nitrogens with zero attached hydrogens (tertiary/aromatic N) is 1. The molecule has 0 aromatic heterocycles. The van der Waals surface area contributed by atoms with Gasteiger partial charge in [-0.15, -0.1) is 11.8 Å². The van der Waals surface area contributed by atoms with Crippen molar-refractivity contribution in [1.29, 1.82) is 0 Å². The smallest absolute Gasteiger partial charge is 0.543 e. The Morgan fingerprint density at radius 2 is 1.96 bits per heavy atom. The van der Waals surface area contributed by atoms with E-state index in [4.69, 9.17) is 4.74 Å². The molecule has 1 fully saturated rings. The summed E-state index contributed by atoms with van der Waals surface area (Å²) in [7, 11) is 0. The van der Waals surface area contributed by atoms with Gasteiger partial charge in [-0.3, -0.25) is 19.3 Å². The zero-order valence-corrected chi connectivity index (χ0v) is 17.6. The third-order valence-electron chi connectivity index (χ3n) is 4.01. The summed E-state index contributed by atoms with van der Waals surface area (Å²) in [5.41, 5.74) is 0.415. The molecule has 1 saturated heterocycles. The average Bonchev–Trinajstić information content (AvgIpc) is 2.63. The maximum atomic E-state index is 12.4. The van der Waals surface area contributed by atoms with Crippen molar-refractivity contribution in [1.82, 2.24) is 10.2 Å². The number of carboxylic acid groups (broad SMARTS) is 1. The van der Waals surface area contributed by atoms with E-state index in [1.165, 1.54) is 18.7 Å². The Morgan fingerprint density at radius 1 is 1.30 bits per heavy atom. The molecule has 0 radical (unpaired) electrons. The predicted octanol–water partition coefficient (Wildman–Crippen LogP) is -3.73. The number of esters is 1. The van der Waals surface area contributed by atoms with Crippen LogP contribution in [-0.4, -0.2) is 52.4 Å². The van der Waals surface area contributed by atoms with Crippen molar-refractivity contribution in [2.24, 2.45) is 0 Å². The number of β-lactam (4-membered cyclic amide) rings is 1. The number of fused-ring (bicyclic) bond motifs is 1. The number of thioether (sulfide) groups is 1. The van der Waals surface area contributed by atoms with Crippen LogP contribution >= 0.6 is 11.8 Å². The summed E-state index contributed by atoms with van der Waals surface area (Å²) < 4.78 is 4.84. The second-order valence-corrected chi connectivity index (χ2v) is 6.85.